The number of nitrogens with two attached hydrogens (primary N) is 1. The third-order valence-corrected chi connectivity index (χ3v) is 11.0. The molecule has 0 heterocycles. The maximum atomic E-state index is 14.4. The van der Waals surface area contributed by atoms with Crippen LogP contribution in [-0.4, -0.2) is 86.6 Å². The summed E-state index contributed by atoms with van der Waals surface area (Å²) in [6.07, 6.45) is 6.27. The molecule has 11 heteroatoms. The first-order valence-corrected chi connectivity index (χ1v) is 16.3. The Morgan fingerprint density at radius 1 is 1.09 bits per heavy atom. The second-order valence-corrected chi connectivity index (χ2v) is 13.9. The Labute approximate surface area is 274 Å². The molecule has 0 bridgehead atoms. The van der Waals surface area contributed by atoms with E-state index in [-0.39, 0.29) is 29.7 Å². The van der Waals surface area contributed by atoms with E-state index in [1.54, 1.807) is 32.2 Å². The summed E-state index contributed by atoms with van der Waals surface area (Å²) in [7, 11) is 4.89. The summed E-state index contributed by atoms with van der Waals surface area (Å²) >= 11 is 0. The minimum atomic E-state index is -2.61. The van der Waals surface area contributed by atoms with Crippen LogP contribution in [0.1, 0.15) is 62.1 Å². The molecule has 0 spiro atoms. The molecule has 2 aromatic carbocycles. The lowest BCUT2D eigenvalue weighted by atomic mass is 9.52. The van der Waals surface area contributed by atoms with Gasteiger partial charge in [-0.05, 0) is 87.5 Å². The number of methoxy groups -OCH3 is 1. The van der Waals surface area contributed by atoms with Gasteiger partial charge in [-0.15, -0.1) is 0 Å². The first-order valence-electron chi connectivity index (χ1n) is 16.3. The number of rotatable bonds is 7. The number of aromatic hydroxyl groups is 1. The van der Waals surface area contributed by atoms with Gasteiger partial charge in [0.15, 0.2) is 11.4 Å². The monoisotopic (exact) mass is 647 g/mol. The van der Waals surface area contributed by atoms with Crippen LogP contribution >= 0.6 is 0 Å². The zero-order valence-corrected chi connectivity index (χ0v) is 27.3. The number of benzene rings is 2. The van der Waals surface area contributed by atoms with Gasteiger partial charge in [0, 0.05) is 29.6 Å². The number of fused-ring (bicyclic) bond motifs is 3. The number of ketones is 1. The van der Waals surface area contributed by atoms with Crippen LogP contribution in [0.25, 0.3) is 16.9 Å². The zero-order chi connectivity index (χ0) is 34.0. The number of likely N-dealkylation sites (N-methyl/N-ethyl adjacent to an activating group) is 1. The summed E-state index contributed by atoms with van der Waals surface area (Å²) in [4.78, 5) is 28.4. The topological polar surface area (TPSA) is 186 Å². The molecule has 2 saturated carbocycles. The largest absolute Gasteiger partial charge is 0.510 e. The average molecular weight is 648 g/mol. The van der Waals surface area contributed by atoms with Crippen molar-refractivity contribution in [2.75, 3.05) is 21.2 Å². The number of aliphatic hydroxyl groups excluding tert-OH is 2. The number of nitrogens with one attached hydrogen (secondary N) is 1. The molecule has 8 N–H and O–H groups in total. The molecule has 0 aliphatic heterocycles. The second-order valence-electron chi connectivity index (χ2n) is 13.9. The molecular formula is C36H45N3O8. The third kappa shape index (κ3) is 5.02. The fraction of sp³-hybridized carbons (Fsp3) is 0.500. The first-order chi connectivity index (χ1) is 22.2. The van der Waals surface area contributed by atoms with Crippen molar-refractivity contribution in [1.82, 2.24) is 10.2 Å². The van der Waals surface area contributed by atoms with Crippen LogP contribution < -0.4 is 15.8 Å². The van der Waals surface area contributed by atoms with Crippen LogP contribution in [0, 0.1) is 11.8 Å². The zero-order valence-electron chi connectivity index (χ0n) is 27.3. The van der Waals surface area contributed by atoms with E-state index < -0.39 is 57.9 Å². The average Bonchev–Trinajstić information content (AvgIpc) is 3.01. The highest BCUT2D eigenvalue weighted by Crippen LogP contribution is 2.56. The quantitative estimate of drug-likeness (QED) is 0.235. The summed E-state index contributed by atoms with van der Waals surface area (Å²) in [5, 5.41) is 61.5. The smallest absolute Gasteiger partial charge is 0.251 e. The van der Waals surface area contributed by atoms with Gasteiger partial charge in [-0.3, -0.25) is 14.5 Å². The van der Waals surface area contributed by atoms with Crippen LogP contribution in [0.3, 0.4) is 0 Å². The molecule has 2 fully saturated rings. The standard InChI is InChI=1S/C36H45N3O8/c1-35(45)29(34(37)44)32(42)30(39(2)3)24-16-19-15-23-22(11-12-25(40)28(23)31(41)27(19)33(43)36(24,35)46)18-10-13-26(47-4)20(14-18)17-38-21-8-6-5-7-9-21/h10-14,19,21,24,30,38,40-42,45-46H,5-9,15-17H2,1-4H3,(H2,37,44)/t19-,24-,30-,35?,36-/m0/s1. The summed E-state index contributed by atoms with van der Waals surface area (Å²) in [6.45, 7) is 1.69. The molecule has 2 aromatic rings. The summed E-state index contributed by atoms with van der Waals surface area (Å²) < 4.78 is 5.68. The van der Waals surface area contributed by atoms with Crippen LogP contribution in [0.4, 0.5) is 0 Å². The van der Waals surface area contributed by atoms with Gasteiger partial charge in [-0.1, -0.05) is 31.4 Å². The van der Waals surface area contributed by atoms with E-state index >= 15 is 0 Å². The number of hydrogen-bond acceptors (Lipinski definition) is 10. The summed E-state index contributed by atoms with van der Waals surface area (Å²) in [5.41, 5.74) is 2.87. The molecule has 6 rings (SSSR count). The van der Waals surface area contributed by atoms with Crippen molar-refractivity contribution in [3.8, 4) is 22.6 Å². The number of amides is 1. The molecule has 4 aliphatic carbocycles. The van der Waals surface area contributed by atoms with E-state index in [2.05, 4.69) is 5.32 Å². The lowest BCUT2D eigenvalue weighted by Gasteiger charge is -2.56. The number of phenolic OH excluding ortho intramolecular Hbond substituents is 1. The van der Waals surface area contributed by atoms with E-state index in [0.717, 1.165) is 42.2 Å². The molecular weight excluding hydrogens is 602 g/mol. The molecule has 11 nitrogen and oxygen atoms in total. The van der Waals surface area contributed by atoms with Crippen molar-refractivity contribution >= 4 is 17.4 Å². The van der Waals surface area contributed by atoms with Gasteiger partial charge in [0.1, 0.15) is 28.6 Å². The van der Waals surface area contributed by atoms with E-state index in [1.807, 2.05) is 18.2 Å². The number of primary amides is 1. The Balaban J connectivity index is 1.45. The predicted molar refractivity (Wildman–Crippen MR) is 176 cm³/mol. The number of carbonyl (C=O) groups excluding carboxylic acids is 2. The van der Waals surface area contributed by atoms with E-state index in [4.69, 9.17) is 10.5 Å². The number of Topliss-reactive ketones (excluding diaryl/α,β-unsaturated/α-hetero) is 1. The van der Waals surface area contributed by atoms with Gasteiger partial charge < -0.3 is 41.3 Å². The van der Waals surface area contributed by atoms with Gasteiger partial charge in [-0.25, -0.2) is 0 Å². The number of ether oxygens (including phenoxy) is 1. The van der Waals surface area contributed by atoms with Gasteiger partial charge in [0.05, 0.1) is 24.3 Å². The van der Waals surface area contributed by atoms with E-state index in [0.29, 0.717) is 18.2 Å². The fourth-order valence-electron chi connectivity index (χ4n) is 8.74. The van der Waals surface area contributed by atoms with Crippen LogP contribution in [0.5, 0.6) is 11.5 Å². The number of carbonyl (C=O) groups is 2. The normalized spacial score (nSPS) is 29.4. The minimum Gasteiger partial charge on any atom is -0.510 e. The molecule has 0 radical (unpaired) electrons. The lowest BCUT2D eigenvalue weighted by molar-refractivity contribution is -0.194. The van der Waals surface area contributed by atoms with Gasteiger partial charge >= 0.3 is 0 Å². The fourth-order valence-corrected chi connectivity index (χ4v) is 8.74. The van der Waals surface area contributed by atoms with Crippen molar-refractivity contribution in [3.05, 3.63) is 63.9 Å². The highest BCUT2D eigenvalue weighted by atomic mass is 16.5. The second kappa shape index (κ2) is 12.0. The molecule has 47 heavy (non-hydrogen) atoms. The Morgan fingerprint density at radius 2 is 1.79 bits per heavy atom. The molecule has 1 amide bonds. The van der Waals surface area contributed by atoms with Crippen molar-refractivity contribution < 1.29 is 39.9 Å². The Morgan fingerprint density at radius 3 is 2.43 bits per heavy atom. The van der Waals surface area contributed by atoms with E-state index in [1.165, 1.54) is 25.3 Å². The SMILES string of the molecule is COc1ccc(-c2ccc(O)c3c2C[C@H]2C[C@H]4[C@H](N(C)C)C(O)=C(C(N)=O)C(C)(O)[C@@]4(O)C(=O)C2=C3O)cc1CNC1CCCCC1. The maximum Gasteiger partial charge on any atom is 0.251 e. The van der Waals surface area contributed by atoms with Gasteiger partial charge in [0.25, 0.3) is 5.91 Å². The third-order valence-electron chi connectivity index (χ3n) is 11.0. The minimum absolute atomic E-state index is 0.0738. The van der Waals surface area contributed by atoms with Crippen LogP contribution in [0.15, 0.2) is 47.2 Å². The number of phenols is 1. The van der Waals surface area contributed by atoms with Crippen LogP contribution in [-0.2, 0) is 22.6 Å². The van der Waals surface area contributed by atoms with Crippen molar-refractivity contribution in [3.63, 3.8) is 0 Å². The number of hydrogen-bond donors (Lipinski definition) is 7. The van der Waals surface area contributed by atoms with Crippen molar-refractivity contribution in [2.24, 2.45) is 17.6 Å². The first kappa shape index (κ1) is 33.0. The van der Waals surface area contributed by atoms with Gasteiger partial charge in [0.2, 0.25) is 0 Å². The molecule has 252 valence electrons. The summed E-state index contributed by atoms with van der Waals surface area (Å²) in [6, 6.07) is 8.53. The maximum absolute atomic E-state index is 14.4. The molecule has 4 aliphatic rings. The summed E-state index contributed by atoms with van der Waals surface area (Å²) in [5.74, 6) is -4.34. The highest BCUT2D eigenvalue weighted by Gasteiger charge is 2.69. The number of nitrogens with zero attached hydrogens (tertiary/aromatic N) is 1. The molecule has 1 unspecified atom stereocenters. The Kier molecular flexibility index (Phi) is 8.40. The molecule has 0 aromatic heterocycles. The van der Waals surface area contributed by atoms with Crippen molar-refractivity contribution in [1.29, 1.82) is 0 Å². The Hall–Kier alpha value is -3.90. The van der Waals surface area contributed by atoms with Crippen LogP contribution in [0.2, 0.25) is 0 Å². The Bertz CT molecular complexity index is 1690. The van der Waals surface area contributed by atoms with Crippen molar-refractivity contribution in [2.45, 2.75) is 81.7 Å². The molecule has 5 atom stereocenters. The van der Waals surface area contributed by atoms with Gasteiger partial charge in [-0.2, -0.15) is 0 Å². The van der Waals surface area contributed by atoms with E-state index in [9.17, 15) is 35.1 Å². The lowest BCUT2D eigenvalue weighted by Crippen LogP contribution is -2.73. The predicted octanol–water partition coefficient (Wildman–Crippen LogP) is 3.24. The number of aliphatic hydroxyl groups is 4. The highest BCUT2D eigenvalue weighted by molar-refractivity contribution is 6.12. The molecule has 0 saturated heterocycles.